The molecule has 1 aliphatic heterocycles. The van der Waals surface area contributed by atoms with Gasteiger partial charge in [-0.2, -0.15) is 0 Å². The van der Waals surface area contributed by atoms with Crippen LogP contribution in [0.15, 0.2) is 53.0 Å². The van der Waals surface area contributed by atoms with Gasteiger partial charge in [0.15, 0.2) is 0 Å². The van der Waals surface area contributed by atoms with E-state index in [1.54, 1.807) is 7.11 Å². The van der Waals surface area contributed by atoms with E-state index < -0.39 is 0 Å². The van der Waals surface area contributed by atoms with Crippen molar-refractivity contribution in [3.63, 3.8) is 0 Å². The number of hydrogen-bond acceptors (Lipinski definition) is 3. The summed E-state index contributed by atoms with van der Waals surface area (Å²) in [6.45, 7) is 1.49. The molecule has 1 saturated heterocycles. The van der Waals surface area contributed by atoms with Crippen molar-refractivity contribution in [1.29, 1.82) is 0 Å². The van der Waals surface area contributed by atoms with E-state index in [-0.39, 0.29) is 12.0 Å². The van der Waals surface area contributed by atoms with Crippen LogP contribution in [0, 0.1) is 0 Å². The summed E-state index contributed by atoms with van der Waals surface area (Å²) in [6.07, 6.45) is 2.06. The molecule has 0 atom stereocenters. The second kappa shape index (κ2) is 7.81. The van der Waals surface area contributed by atoms with Gasteiger partial charge in [-0.05, 0) is 65.2 Å². The summed E-state index contributed by atoms with van der Waals surface area (Å²) >= 11 is 3.46. The summed E-state index contributed by atoms with van der Waals surface area (Å²) in [5, 5.41) is 0. The predicted molar refractivity (Wildman–Crippen MR) is 96.6 cm³/mol. The van der Waals surface area contributed by atoms with Gasteiger partial charge in [0.2, 0.25) is 0 Å². The molecular weight excluding hydrogens is 370 g/mol. The van der Waals surface area contributed by atoms with Crippen LogP contribution < -0.4 is 4.74 Å². The lowest BCUT2D eigenvalue weighted by molar-refractivity contribution is 0.0351. The molecule has 0 saturated carbocycles. The highest BCUT2D eigenvalue weighted by atomic mass is 79.9. The van der Waals surface area contributed by atoms with E-state index >= 15 is 0 Å². The maximum Gasteiger partial charge on any atom is 0.253 e. The minimum Gasteiger partial charge on any atom is -0.456 e. The summed E-state index contributed by atoms with van der Waals surface area (Å²) in [7, 11) is 1.73. The second-order valence-electron chi connectivity index (χ2n) is 5.78. The van der Waals surface area contributed by atoms with Crippen molar-refractivity contribution in [3.8, 4) is 11.5 Å². The normalized spacial score (nSPS) is 15.3. The van der Waals surface area contributed by atoms with Crippen molar-refractivity contribution < 1.29 is 14.3 Å². The highest BCUT2D eigenvalue weighted by Crippen LogP contribution is 2.29. The Morgan fingerprint density at radius 3 is 2.38 bits per heavy atom. The van der Waals surface area contributed by atoms with E-state index in [2.05, 4.69) is 15.9 Å². The van der Waals surface area contributed by atoms with Crippen molar-refractivity contribution >= 4 is 21.8 Å². The fourth-order valence-electron chi connectivity index (χ4n) is 2.80. The van der Waals surface area contributed by atoms with E-state index in [9.17, 15) is 4.79 Å². The van der Waals surface area contributed by atoms with Crippen LogP contribution in [0.1, 0.15) is 23.2 Å². The number of ether oxygens (including phenoxy) is 2. The molecule has 0 radical (unpaired) electrons. The number of nitrogens with zero attached hydrogens (tertiary/aromatic N) is 1. The van der Waals surface area contributed by atoms with E-state index in [1.165, 1.54) is 0 Å². The molecule has 3 rings (SSSR count). The van der Waals surface area contributed by atoms with Crippen LogP contribution in [0.3, 0.4) is 0 Å². The third-order valence-corrected chi connectivity index (χ3v) is 4.88. The number of carbonyl (C=O) groups is 1. The molecule has 0 aromatic heterocycles. The van der Waals surface area contributed by atoms with Gasteiger partial charge in [0.1, 0.15) is 11.5 Å². The van der Waals surface area contributed by atoms with Crippen LogP contribution in [0.2, 0.25) is 0 Å². The molecule has 4 nitrogen and oxygen atoms in total. The van der Waals surface area contributed by atoms with Crippen LogP contribution in [0.5, 0.6) is 11.5 Å². The molecule has 1 fully saturated rings. The Bertz CT molecular complexity index is 694. The van der Waals surface area contributed by atoms with E-state index in [0.29, 0.717) is 11.3 Å². The van der Waals surface area contributed by atoms with Crippen LogP contribution >= 0.6 is 15.9 Å². The number of amides is 1. The van der Waals surface area contributed by atoms with Crippen molar-refractivity contribution in [2.45, 2.75) is 18.9 Å². The summed E-state index contributed by atoms with van der Waals surface area (Å²) in [5.74, 6) is 1.52. The zero-order valence-corrected chi connectivity index (χ0v) is 15.2. The van der Waals surface area contributed by atoms with Gasteiger partial charge < -0.3 is 14.4 Å². The SMILES string of the molecule is COC1CCN(C(=O)c2ccc(Oc3ccccc3Br)cc2)CC1. The Kier molecular flexibility index (Phi) is 5.53. The second-order valence-corrected chi connectivity index (χ2v) is 6.64. The smallest absolute Gasteiger partial charge is 0.253 e. The van der Waals surface area contributed by atoms with Crippen molar-refractivity contribution in [3.05, 3.63) is 58.6 Å². The van der Waals surface area contributed by atoms with Gasteiger partial charge in [-0.25, -0.2) is 0 Å². The fraction of sp³-hybridized carbons (Fsp3) is 0.316. The first-order chi connectivity index (χ1) is 11.7. The van der Waals surface area contributed by atoms with Crippen LogP contribution in [-0.2, 0) is 4.74 Å². The van der Waals surface area contributed by atoms with Gasteiger partial charge in [0, 0.05) is 25.8 Å². The zero-order chi connectivity index (χ0) is 16.9. The molecule has 0 bridgehead atoms. The number of rotatable bonds is 4. The fourth-order valence-corrected chi connectivity index (χ4v) is 3.16. The number of halogens is 1. The number of carbonyl (C=O) groups excluding carboxylic acids is 1. The molecule has 1 aliphatic rings. The van der Waals surface area contributed by atoms with Crippen LogP contribution in [0.4, 0.5) is 0 Å². The van der Waals surface area contributed by atoms with Gasteiger partial charge in [0.05, 0.1) is 10.6 Å². The molecule has 0 unspecified atom stereocenters. The van der Waals surface area contributed by atoms with Crippen molar-refractivity contribution in [1.82, 2.24) is 4.90 Å². The highest BCUT2D eigenvalue weighted by molar-refractivity contribution is 9.10. The molecule has 2 aromatic rings. The molecular formula is C19H20BrNO3. The first-order valence-electron chi connectivity index (χ1n) is 8.02. The quantitative estimate of drug-likeness (QED) is 0.772. The lowest BCUT2D eigenvalue weighted by Gasteiger charge is -2.31. The van der Waals surface area contributed by atoms with E-state index in [1.807, 2.05) is 53.4 Å². The molecule has 126 valence electrons. The number of methoxy groups -OCH3 is 1. The van der Waals surface area contributed by atoms with Gasteiger partial charge >= 0.3 is 0 Å². The standard InChI is InChI=1S/C19H20BrNO3/c1-23-15-10-12-21(13-11-15)19(22)14-6-8-16(9-7-14)24-18-5-3-2-4-17(18)20/h2-9,15H,10-13H2,1H3. The molecule has 5 heteroatoms. The van der Waals surface area contributed by atoms with Gasteiger partial charge in [-0.15, -0.1) is 0 Å². The lowest BCUT2D eigenvalue weighted by Crippen LogP contribution is -2.40. The minimum atomic E-state index is 0.0667. The largest absolute Gasteiger partial charge is 0.456 e. The summed E-state index contributed by atoms with van der Waals surface area (Å²) in [5.41, 5.74) is 0.686. The average Bonchev–Trinajstić information content (AvgIpc) is 2.64. The maximum absolute atomic E-state index is 12.6. The van der Waals surface area contributed by atoms with Gasteiger partial charge in [-0.1, -0.05) is 12.1 Å². The van der Waals surface area contributed by atoms with Crippen molar-refractivity contribution in [2.24, 2.45) is 0 Å². The Morgan fingerprint density at radius 2 is 1.75 bits per heavy atom. The highest BCUT2D eigenvalue weighted by Gasteiger charge is 2.23. The van der Waals surface area contributed by atoms with Crippen molar-refractivity contribution in [2.75, 3.05) is 20.2 Å². The Labute approximate surface area is 150 Å². The first-order valence-corrected chi connectivity index (χ1v) is 8.81. The number of likely N-dealkylation sites (tertiary alicyclic amines) is 1. The maximum atomic E-state index is 12.6. The predicted octanol–water partition coefficient (Wildman–Crippen LogP) is 4.49. The van der Waals surface area contributed by atoms with Gasteiger partial charge in [0.25, 0.3) is 5.91 Å². The third-order valence-electron chi connectivity index (χ3n) is 4.23. The van der Waals surface area contributed by atoms with E-state index in [0.717, 1.165) is 36.2 Å². The molecule has 1 heterocycles. The first kappa shape index (κ1) is 17.0. The topological polar surface area (TPSA) is 38.8 Å². The van der Waals surface area contributed by atoms with Crippen LogP contribution in [0.25, 0.3) is 0 Å². The molecule has 0 spiro atoms. The lowest BCUT2D eigenvalue weighted by atomic mass is 10.1. The molecule has 24 heavy (non-hydrogen) atoms. The Morgan fingerprint density at radius 1 is 1.08 bits per heavy atom. The number of piperidine rings is 1. The number of benzene rings is 2. The Balaban J connectivity index is 1.64. The zero-order valence-electron chi connectivity index (χ0n) is 13.6. The minimum absolute atomic E-state index is 0.0667. The molecule has 1 amide bonds. The number of para-hydroxylation sites is 1. The van der Waals surface area contributed by atoms with Crippen LogP contribution in [-0.4, -0.2) is 37.1 Å². The molecule has 0 aliphatic carbocycles. The number of hydrogen-bond donors (Lipinski definition) is 0. The summed E-state index contributed by atoms with van der Waals surface area (Å²) in [6, 6.07) is 15.0. The average molecular weight is 390 g/mol. The monoisotopic (exact) mass is 389 g/mol. The molecule has 0 N–H and O–H groups in total. The summed E-state index contributed by atoms with van der Waals surface area (Å²) in [4.78, 5) is 14.4. The molecule has 2 aromatic carbocycles. The van der Waals surface area contributed by atoms with E-state index in [4.69, 9.17) is 9.47 Å². The third kappa shape index (κ3) is 3.97. The Hall–Kier alpha value is -1.85. The van der Waals surface area contributed by atoms with Gasteiger partial charge in [-0.3, -0.25) is 4.79 Å². The summed E-state index contributed by atoms with van der Waals surface area (Å²) < 4.78 is 12.1.